The molecule has 0 saturated heterocycles. The van der Waals surface area contributed by atoms with Crippen LogP contribution in [0.5, 0.6) is 5.75 Å². The molecule has 0 atom stereocenters. The quantitative estimate of drug-likeness (QED) is 0.0514. The number of rotatable bonds is 10. The Morgan fingerprint density at radius 2 is 0.411 bits per heavy atom. The maximum absolute atomic E-state index is 9.09. The minimum atomic E-state index is 0.281. The second-order valence-electron chi connectivity index (χ2n) is 12.7. The molecule has 0 heterocycles. The fraction of sp³-hybridized carbons (Fsp3) is 0. The molecule has 0 unspecified atom stereocenters. The summed E-state index contributed by atoms with van der Waals surface area (Å²) in [5.74, 6) is 0.281. The van der Waals surface area contributed by atoms with Crippen LogP contribution in [0.3, 0.4) is 0 Å². The van der Waals surface area contributed by atoms with Crippen molar-refractivity contribution in [1.82, 2.24) is 0 Å². The molecule has 0 bridgehead atoms. The van der Waals surface area contributed by atoms with Gasteiger partial charge in [0.05, 0.1) is 0 Å². The lowest BCUT2D eigenvalue weighted by molar-refractivity contribution is 0.475. The van der Waals surface area contributed by atoms with Gasteiger partial charge in [-0.05, 0) is 158 Å². The van der Waals surface area contributed by atoms with Gasteiger partial charge in [-0.15, -0.1) is 0 Å². The Morgan fingerprint density at radius 1 is 0.232 bits per heavy atom. The van der Waals surface area contributed by atoms with Gasteiger partial charge in [-0.2, -0.15) is 0 Å². The van der Waals surface area contributed by atoms with E-state index < -0.39 is 0 Å². The van der Waals surface area contributed by atoms with Crippen molar-refractivity contribution in [1.29, 1.82) is 0 Å². The lowest BCUT2D eigenvalue weighted by Gasteiger charge is -2.11. The van der Waals surface area contributed by atoms with E-state index in [1.807, 2.05) is 78.9 Å². The van der Waals surface area contributed by atoms with E-state index in [1.165, 1.54) is 0 Å². The summed E-state index contributed by atoms with van der Waals surface area (Å²) in [5, 5.41) is 26.0. The molecule has 0 amide bonds. The van der Waals surface area contributed by atoms with Crippen molar-refractivity contribution in [3.8, 4) is 5.75 Å². The van der Waals surface area contributed by atoms with Crippen LogP contribution in [0.1, 0.15) is 0 Å². The highest BCUT2D eigenvalue weighted by atomic mass is 16.3. The second kappa shape index (κ2) is 19.8. The Bertz CT molecular complexity index is 2180. The summed E-state index contributed by atoms with van der Waals surface area (Å²) in [6, 6.07) is 69.2. The Hall–Kier alpha value is -7.84. The predicted molar refractivity (Wildman–Crippen MR) is 238 cm³/mol. The molecule has 0 aliphatic heterocycles. The van der Waals surface area contributed by atoms with Gasteiger partial charge in [-0.25, -0.2) is 0 Å². The molecule has 10 N–H and O–H groups in total. The summed E-state index contributed by atoms with van der Waals surface area (Å²) in [4.78, 5) is 0. The van der Waals surface area contributed by atoms with Crippen molar-refractivity contribution in [3.05, 3.63) is 212 Å². The van der Waals surface area contributed by atoms with E-state index in [1.54, 1.807) is 36.4 Å². The van der Waals surface area contributed by atoms with Crippen LogP contribution in [0.15, 0.2) is 212 Å². The molecule has 0 aliphatic rings. The first kappa shape index (κ1) is 37.9. The van der Waals surface area contributed by atoms with Gasteiger partial charge in [0.2, 0.25) is 0 Å². The number of para-hydroxylation sites is 3. The standard InChI is InChI=1S/C30H26N4.C12H11NO.C6H8N2/c1-3-7-23(8-4-1)31-25-11-15-27(16-12-25)33-29-19-21-30(22-20-29)34-28-17-13-26(14-18-28)32-24-9-5-2-6-10-24;14-12-8-6-11(7-9-12)13-10-4-2-1-3-5-10;7-5-1-2-6(8)4-3-5/h1-22,31-34H;1-9,13-14H;1-4H,7-8H2. The molecule has 8 aromatic carbocycles. The van der Waals surface area contributed by atoms with Gasteiger partial charge < -0.3 is 43.2 Å². The molecule has 8 aromatic rings. The molecule has 0 aromatic heterocycles. The Morgan fingerprint density at radius 3 is 0.625 bits per heavy atom. The minimum absolute atomic E-state index is 0.281. The zero-order valence-corrected chi connectivity index (χ0v) is 30.8. The summed E-state index contributed by atoms with van der Waals surface area (Å²) in [5.41, 5.74) is 22.7. The molecule has 0 spiro atoms. The molecule has 8 heteroatoms. The van der Waals surface area contributed by atoms with Crippen LogP contribution < -0.4 is 38.1 Å². The molecular weight excluding hydrogens is 691 g/mol. The van der Waals surface area contributed by atoms with E-state index in [9.17, 15) is 0 Å². The van der Waals surface area contributed by atoms with E-state index in [0.29, 0.717) is 0 Å². The van der Waals surface area contributed by atoms with Crippen molar-refractivity contribution in [2.24, 2.45) is 0 Å². The Labute approximate surface area is 328 Å². The van der Waals surface area contributed by atoms with E-state index in [2.05, 4.69) is 124 Å². The molecule has 278 valence electrons. The van der Waals surface area contributed by atoms with Crippen molar-refractivity contribution in [2.45, 2.75) is 0 Å². The molecule has 0 radical (unpaired) electrons. The van der Waals surface area contributed by atoms with Crippen LogP contribution in [0.4, 0.5) is 68.2 Å². The summed E-state index contributed by atoms with van der Waals surface area (Å²) < 4.78 is 0. The Kier molecular flexibility index (Phi) is 13.4. The zero-order chi connectivity index (χ0) is 38.8. The van der Waals surface area contributed by atoms with E-state index in [4.69, 9.17) is 16.6 Å². The fourth-order valence-corrected chi connectivity index (χ4v) is 5.35. The van der Waals surface area contributed by atoms with Crippen LogP contribution in [-0.4, -0.2) is 5.11 Å². The average molecular weight is 736 g/mol. The second-order valence-corrected chi connectivity index (χ2v) is 12.7. The third kappa shape index (κ3) is 12.7. The lowest BCUT2D eigenvalue weighted by Crippen LogP contribution is -1.94. The smallest absolute Gasteiger partial charge is 0.115 e. The van der Waals surface area contributed by atoms with Crippen molar-refractivity contribution >= 4 is 68.2 Å². The third-order valence-electron chi connectivity index (χ3n) is 8.22. The molecule has 0 saturated carbocycles. The zero-order valence-electron chi connectivity index (χ0n) is 30.8. The largest absolute Gasteiger partial charge is 0.508 e. The maximum Gasteiger partial charge on any atom is 0.115 e. The highest BCUT2D eigenvalue weighted by Crippen LogP contribution is 2.25. The highest BCUT2D eigenvalue weighted by Gasteiger charge is 2.01. The first-order valence-electron chi connectivity index (χ1n) is 18.1. The van der Waals surface area contributed by atoms with Crippen LogP contribution in [0.25, 0.3) is 0 Å². The number of anilines is 12. The topological polar surface area (TPSA) is 132 Å². The lowest BCUT2D eigenvalue weighted by atomic mass is 10.2. The molecule has 56 heavy (non-hydrogen) atoms. The van der Waals surface area contributed by atoms with Gasteiger partial charge in [0.1, 0.15) is 5.75 Å². The van der Waals surface area contributed by atoms with Crippen molar-refractivity contribution in [2.75, 3.05) is 38.1 Å². The number of hydrogen-bond acceptors (Lipinski definition) is 8. The van der Waals surface area contributed by atoms with Crippen molar-refractivity contribution in [3.63, 3.8) is 0 Å². The third-order valence-corrected chi connectivity index (χ3v) is 8.22. The number of hydrogen-bond donors (Lipinski definition) is 8. The van der Waals surface area contributed by atoms with Gasteiger partial charge >= 0.3 is 0 Å². The van der Waals surface area contributed by atoms with Gasteiger partial charge in [0.15, 0.2) is 0 Å². The van der Waals surface area contributed by atoms with Crippen LogP contribution in [-0.2, 0) is 0 Å². The first-order valence-corrected chi connectivity index (χ1v) is 18.1. The molecule has 0 aliphatic carbocycles. The van der Waals surface area contributed by atoms with Gasteiger partial charge in [0.25, 0.3) is 0 Å². The number of nitrogens with two attached hydrogens (primary N) is 2. The number of phenolic OH excluding ortho intramolecular Hbond substituents is 1. The summed E-state index contributed by atoms with van der Waals surface area (Å²) >= 11 is 0. The molecule has 8 rings (SSSR count). The number of nitrogen functional groups attached to an aromatic ring is 2. The van der Waals surface area contributed by atoms with Crippen LogP contribution in [0.2, 0.25) is 0 Å². The molecule has 0 fully saturated rings. The summed E-state index contributed by atoms with van der Waals surface area (Å²) in [7, 11) is 0. The van der Waals surface area contributed by atoms with E-state index in [-0.39, 0.29) is 5.75 Å². The molecule has 8 nitrogen and oxygen atoms in total. The van der Waals surface area contributed by atoms with Crippen LogP contribution in [0, 0.1) is 0 Å². The van der Waals surface area contributed by atoms with E-state index >= 15 is 0 Å². The normalized spacial score (nSPS) is 10.0. The fourth-order valence-electron chi connectivity index (χ4n) is 5.35. The van der Waals surface area contributed by atoms with Gasteiger partial charge in [-0.1, -0.05) is 54.6 Å². The van der Waals surface area contributed by atoms with Gasteiger partial charge in [0, 0.05) is 68.2 Å². The number of aromatic hydroxyl groups is 1. The molecular formula is C48H45N7O. The average Bonchev–Trinajstić information content (AvgIpc) is 3.24. The van der Waals surface area contributed by atoms with Crippen molar-refractivity contribution < 1.29 is 5.11 Å². The monoisotopic (exact) mass is 735 g/mol. The number of benzene rings is 8. The SMILES string of the molecule is Nc1ccc(N)cc1.Oc1ccc(Nc2ccccc2)cc1.c1ccc(Nc2ccc(Nc3ccc(Nc4ccc(Nc5ccccc5)cc4)cc3)cc2)cc1. The summed E-state index contributed by atoms with van der Waals surface area (Å²) in [6.45, 7) is 0. The number of phenols is 1. The summed E-state index contributed by atoms with van der Waals surface area (Å²) in [6.07, 6.45) is 0. The van der Waals surface area contributed by atoms with Gasteiger partial charge in [-0.3, -0.25) is 0 Å². The maximum atomic E-state index is 9.09. The highest BCUT2D eigenvalue weighted by molar-refractivity contribution is 5.70. The first-order chi connectivity index (χ1) is 27.4. The Balaban J connectivity index is 0.000000196. The van der Waals surface area contributed by atoms with Crippen LogP contribution >= 0.6 is 0 Å². The van der Waals surface area contributed by atoms with E-state index in [0.717, 1.165) is 68.2 Å². The number of nitrogens with one attached hydrogen (secondary N) is 5. The minimum Gasteiger partial charge on any atom is -0.508 e. The predicted octanol–water partition coefficient (Wildman–Crippen LogP) is 12.6.